The van der Waals surface area contributed by atoms with E-state index in [0.717, 1.165) is 6.54 Å². The second kappa shape index (κ2) is 12.8. The van der Waals surface area contributed by atoms with Crippen LogP contribution in [0.2, 0.25) is 0 Å². The standard InChI is InChI=1S/C17H28N2S.C5H12/c1-17(2,3)20-14-13-18-9-11-19(12-10-18)15-16-7-5-4-6-8-16;1-3-5-4-2/h4-8H,9-15H2,1-3H3;3-5H2,1-2H3. The fraction of sp³-hybridized carbons (Fsp3) is 0.727. The summed E-state index contributed by atoms with van der Waals surface area (Å²) in [5.41, 5.74) is 1.43. The number of unbranched alkanes of at least 4 members (excludes halogenated alkanes) is 2. The van der Waals surface area contributed by atoms with Crippen molar-refractivity contribution in [2.24, 2.45) is 0 Å². The number of benzene rings is 1. The van der Waals surface area contributed by atoms with Crippen LogP contribution >= 0.6 is 11.8 Å². The van der Waals surface area contributed by atoms with Crippen molar-refractivity contribution in [1.82, 2.24) is 9.80 Å². The van der Waals surface area contributed by atoms with Gasteiger partial charge in [0.05, 0.1) is 0 Å². The first-order valence-electron chi connectivity index (χ1n) is 10.1. The molecule has 0 aliphatic carbocycles. The van der Waals surface area contributed by atoms with Crippen LogP contribution < -0.4 is 0 Å². The molecule has 1 fully saturated rings. The first-order chi connectivity index (χ1) is 11.9. The van der Waals surface area contributed by atoms with Gasteiger partial charge in [-0.3, -0.25) is 9.80 Å². The molecule has 1 aliphatic rings. The summed E-state index contributed by atoms with van der Waals surface area (Å²) < 4.78 is 0.398. The van der Waals surface area contributed by atoms with Crippen LogP contribution in [0.15, 0.2) is 30.3 Å². The Bertz CT molecular complexity index is 417. The highest BCUT2D eigenvalue weighted by atomic mass is 32.2. The molecule has 0 radical (unpaired) electrons. The maximum Gasteiger partial charge on any atom is 0.0234 e. The van der Waals surface area contributed by atoms with E-state index in [9.17, 15) is 0 Å². The minimum atomic E-state index is 0.398. The van der Waals surface area contributed by atoms with Gasteiger partial charge in [-0.25, -0.2) is 0 Å². The van der Waals surface area contributed by atoms with Gasteiger partial charge in [0.2, 0.25) is 0 Å². The first-order valence-corrected chi connectivity index (χ1v) is 11.1. The van der Waals surface area contributed by atoms with Crippen LogP contribution in [-0.2, 0) is 6.54 Å². The van der Waals surface area contributed by atoms with Crippen molar-refractivity contribution in [1.29, 1.82) is 0 Å². The van der Waals surface area contributed by atoms with E-state index in [-0.39, 0.29) is 0 Å². The maximum absolute atomic E-state index is 2.61. The Morgan fingerprint density at radius 3 is 1.92 bits per heavy atom. The molecule has 1 aromatic carbocycles. The van der Waals surface area contributed by atoms with E-state index < -0.39 is 0 Å². The molecule has 1 heterocycles. The highest BCUT2D eigenvalue weighted by molar-refractivity contribution is 8.00. The lowest BCUT2D eigenvalue weighted by atomic mass is 10.2. The van der Waals surface area contributed by atoms with Crippen molar-refractivity contribution in [2.45, 2.75) is 65.2 Å². The van der Waals surface area contributed by atoms with Gasteiger partial charge in [0, 0.05) is 49.8 Å². The number of rotatable bonds is 7. The van der Waals surface area contributed by atoms with Gasteiger partial charge < -0.3 is 0 Å². The molecule has 0 saturated carbocycles. The average molecular weight is 365 g/mol. The topological polar surface area (TPSA) is 6.48 Å². The van der Waals surface area contributed by atoms with Crippen molar-refractivity contribution in [2.75, 3.05) is 38.5 Å². The Hall–Kier alpha value is -0.510. The Balaban J connectivity index is 0.000000550. The molecule has 25 heavy (non-hydrogen) atoms. The van der Waals surface area contributed by atoms with E-state index in [0.29, 0.717) is 4.75 Å². The molecule has 0 amide bonds. The molecule has 1 aliphatic heterocycles. The molecule has 2 rings (SSSR count). The minimum absolute atomic E-state index is 0.398. The predicted octanol–water partition coefficient (Wildman–Crippen LogP) is 5.53. The van der Waals surface area contributed by atoms with Gasteiger partial charge in [-0.1, -0.05) is 84.2 Å². The van der Waals surface area contributed by atoms with Crippen LogP contribution in [0.3, 0.4) is 0 Å². The highest BCUT2D eigenvalue weighted by Crippen LogP contribution is 2.23. The third kappa shape index (κ3) is 11.7. The largest absolute Gasteiger partial charge is 0.300 e. The van der Waals surface area contributed by atoms with Gasteiger partial charge >= 0.3 is 0 Å². The zero-order valence-corrected chi connectivity index (χ0v) is 18.1. The van der Waals surface area contributed by atoms with Gasteiger partial charge in [-0.05, 0) is 5.56 Å². The zero-order chi connectivity index (χ0) is 18.5. The lowest BCUT2D eigenvalue weighted by Crippen LogP contribution is -2.46. The van der Waals surface area contributed by atoms with E-state index in [1.165, 1.54) is 63.3 Å². The quantitative estimate of drug-likeness (QED) is 0.628. The maximum atomic E-state index is 2.61. The van der Waals surface area contributed by atoms with Crippen molar-refractivity contribution in [3.8, 4) is 0 Å². The lowest BCUT2D eigenvalue weighted by Gasteiger charge is -2.35. The Morgan fingerprint density at radius 2 is 1.44 bits per heavy atom. The second-order valence-electron chi connectivity index (χ2n) is 7.92. The molecule has 0 N–H and O–H groups in total. The average Bonchev–Trinajstić information content (AvgIpc) is 2.58. The summed E-state index contributed by atoms with van der Waals surface area (Å²) in [4.78, 5) is 5.18. The van der Waals surface area contributed by atoms with Gasteiger partial charge in [0.25, 0.3) is 0 Å². The molecule has 2 nitrogen and oxygen atoms in total. The fourth-order valence-corrected chi connectivity index (χ4v) is 3.81. The van der Waals surface area contributed by atoms with E-state index in [4.69, 9.17) is 0 Å². The molecular formula is C22H40N2S. The lowest BCUT2D eigenvalue weighted by molar-refractivity contribution is 0.133. The molecule has 1 saturated heterocycles. The summed E-state index contributed by atoms with van der Waals surface area (Å²) in [5.74, 6) is 1.25. The molecule has 0 atom stereocenters. The van der Waals surface area contributed by atoms with Crippen molar-refractivity contribution in [3.05, 3.63) is 35.9 Å². The van der Waals surface area contributed by atoms with Crippen LogP contribution in [0.4, 0.5) is 0 Å². The van der Waals surface area contributed by atoms with Gasteiger partial charge in [-0.15, -0.1) is 0 Å². The van der Waals surface area contributed by atoms with Crippen molar-refractivity contribution in [3.63, 3.8) is 0 Å². The first kappa shape index (κ1) is 22.5. The molecule has 144 valence electrons. The van der Waals surface area contributed by atoms with Gasteiger partial charge in [0.1, 0.15) is 0 Å². The summed E-state index contributed by atoms with van der Waals surface area (Å²) in [6.45, 7) is 18.5. The van der Waals surface area contributed by atoms with E-state index in [1.54, 1.807) is 0 Å². The smallest absolute Gasteiger partial charge is 0.0234 e. The molecule has 0 bridgehead atoms. The molecule has 0 unspecified atom stereocenters. The number of hydrogen-bond donors (Lipinski definition) is 0. The Morgan fingerprint density at radius 1 is 0.880 bits per heavy atom. The van der Waals surface area contributed by atoms with E-state index in [1.807, 2.05) is 0 Å². The Labute approximate surface area is 161 Å². The molecule has 1 aromatic rings. The van der Waals surface area contributed by atoms with E-state index >= 15 is 0 Å². The number of thioether (sulfide) groups is 1. The van der Waals surface area contributed by atoms with Crippen LogP contribution in [0.5, 0.6) is 0 Å². The van der Waals surface area contributed by atoms with Crippen LogP contribution in [0.25, 0.3) is 0 Å². The number of hydrogen-bond acceptors (Lipinski definition) is 3. The molecule has 3 heteroatoms. The van der Waals surface area contributed by atoms with Gasteiger partial charge in [-0.2, -0.15) is 11.8 Å². The summed E-state index contributed by atoms with van der Waals surface area (Å²) in [6, 6.07) is 10.8. The minimum Gasteiger partial charge on any atom is -0.300 e. The van der Waals surface area contributed by atoms with Crippen LogP contribution in [0, 0.1) is 0 Å². The highest BCUT2D eigenvalue weighted by Gasteiger charge is 2.17. The summed E-state index contributed by atoms with van der Waals surface area (Å²) in [6.07, 6.45) is 4.08. The molecule has 0 spiro atoms. The predicted molar refractivity (Wildman–Crippen MR) is 116 cm³/mol. The monoisotopic (exact) mass is 364 g/mol. The SMILES string of the molecule is CC(C)(C)SCCN1CCN(Cc2ccccc2)CC1.CCCCC. The normalized spacial score (nSPS) is 16.4. The van der Waals surface area contributed by atoms with Crippen LogP contribution in [0.1, 0.15) is 59.4 Å². The third-order valence-electron chi connectivity index (χ3n) is 4.36. The van der Waals surface area contributed by atoms with Crippen LogP contribution in [-0.4, -0.2) is 53.0 Å². The van der Waals surface area contributed by atoms with Gasteiger partial charge in [0.15, 0.2) is 0 Å². The number of piperazine rings is 1. The second-order valence-corrected chi connectivity index (χ2v) is 9.84. The summed E-state index contributed by atoms with van der Waals surface area (Å²) in [5, 5.41) is 0. The summed E-state index contributed by atoms with van der Waals surface area (Å²) in [7, 11) is 0. The van der Waals surface area contributed by atoms with Crippen molar-refractivity contribution < 1.29 is 0 Å². The summed E-state index contributed by atoms with van der Waals surface area (Å²) >= 11 is 2.08. The molecular weight excluding hydrogens is 324 g/mol. The Kier molecular flexibility index (Phi) is 11.5. The van der Waals surface area contributed by atoms with Crippen molar-refractivity contribution >= 4 is 11.8 Å². The zero-order valence-electron chi connectivity index (χ0n) is 17.3. The van der Waals surface area contributed by atoms with E-state index in [2.05, 4.69) is 86.5 Å². The third-order valence-corrected chi connectivity index (χ3v) is 5.62. The molecule has 0 aromatic heterocycles. The fourth-order valence-electron chi connectivity index (χ4n) is 2.85. The number of nitrogens with zero attached hydrogens (tertiary/aromatic N) is 2.